The summed E-state index contributed by atoms with van der Waals surface area (Å²) in [5, 5.41) is 9.44. The molecule has 2 rings (SSSR count). The Balaban J connectivity index is 0.00000242. The molecular weight excluding hydrogens is 339 g/mol. The molecule has 5 nitrogen and oxygen atoms in total. The SMILES string of the molecule is COc1cc(CN2CCN(CC(C)O)CC2)cc(OC)c1.Cl.Cl. The predicted octanol–water partition coefficient (Wildman–Crippen LogP) is 2.05. The summed E-state index contributed by atoms with van der Waals surface area (Å²) >= 11 is 0. The Hall–Kier alpha value is -0.720. The first-order valence-corrected chi connectivity index (χ1v) is 7.45. The number of β-amino-alcohol motifs (C(OH)–C–C–N with tert-alkyl or cyclic N) is 1. The van der Waals surface area contributed by atoms with E-state index in [0.29, 0.717) is 0 Å². The molecule has 1 N–H and O–H groups in total. The van der Waals surface area contributed by atoms with Gasteiger partial charge in [0.2, 0.25) is 0 Å². The molecule has 1 saturated heterocycles. The molecule has 1 unspecified atom stereocenters. The first kappa shape index (κ1) is 22.3. The summed E-state index contributed by atoms with van der Waals surface area (Å²) in [6, 6.07) is 6.01. The summed E-state index contributed by atoms with van der Waals surface area (Å²) in [5.74, 6) is 1.66. The van der Waals surface area contributed by atoms with Crippen LogP contribution in [0.3, 0.4) is 0 Å². The minimum absolute atomic E-state index is 0. The van der Waals surface area contributed by atoms with Gasteiger partial charge in [0, 0.05) is 45.3 Å². The van der Waals surface area contributed by atoms with Crippen LogP contribution in [-0.2, 0) is 6.54 Å². The van der Waals surface area contributed by atoms with E-state index in [0.717, 1.165) is 50.8 Å². The van der Waals surface area contributed by atoms with E-state index in [-0.39, 0.29) is 30.9 Å². The predicted molar refractivity (Wildman–Crippen MR) is 97.4 cm³/mol. The molecule has 1 atom stereocenters. The van der Waals surface area contributed by atoms with Crippen molar-refractivity contribution in [2.75, 3.05) is 46.9 Å². The molecule has 0 aliphatic carbocycles. The second kappa shape index (κ2) is 10.9. The molecule has 1 aromatic rings. The van der Waals surface area contributed by atoms with Crippen LogP contribution in [0.1, 0.15) is 12.5 Å². The van der Waals surface area contributed by atoms with Gasteiger partial charge in [0.25, 0.3) is 0 Å². The van der Waals surface area contributed by atoms with E-state index in [2.05, 4.69) is 21.9 Å². The Bertz CT molecular complexity index is 431. The normalized spacial score (nSPS) is 16.9. The van der Waals surface area contributed by atoms with Gasteiger partial charge in [-0.1, -0.05) is 0 Å². The van der Waals surface area contributed by atoms with Gasteiger partial charge in [-0.15, -0.1) is 24.8 Å². The summed E-state index contributed by atoms with van der Waals surface area (Å²) < 4.78 is 10.6. The maximum atomic E-state index is 9.44. The van der Waals surface area contributed by atoms with Crippen molar-refractivity contribution in [2.45, 2.75) is 19.6 Å². The van der Waals surface area contributed by atoms with Crippen molar-refractivity contribution in [3.05, 3.63) is 23.8 Å². The Labute approximate surface area is 151 Å². The van der Waals surface area contributed by atoms with Gasteiger partial charge in [-0.05, 0) is 24.6 Å². The molecule has 1 aromatic carbocycles. The molecule has 1 aliphatic rings. The van der Waals surface area contributed by atoms with Crippen LogP contribution in [0.15, 0.2) is 18.2 Å². The van der Waals surface area contributed by atoms with Crippen molar-refractivity contribution in [3.8, 4) is 11.5 Å². The number of rotatable bonds is 6. The number of ether oxygens (including phenoxy) is 2. The van der Waals surface area contributed by atoms with Crippen LogP contribution in [0.4, 0.5) is 0 Å². The number of methoxy groups -OCH3 is 2. The van der Waals surface area contributed by atoms with E-state index in [1.165, 1.54) is 5.56 Å². The molecule has 0 amide bonds. The second-order valence-electron chi connectivity index (χ2n) is 5.65. The van der Waals surface area contributed by atoms with E-state index in [9.17, 15) is 5.11 Å². The lowest BCUT2D eigenvalue weighted by Crippen LogP contribution is -2.47. The molecule has 7 heteroatoms. The van der Waals surface area contributed by atoms with E-state index in [1.807, 2.05) is 13.0 Å². The highest BCUT2D eigenvalue weighted by atomic mass is 35.5. The Morgan fingerprint density at radius 2 is 1.43 bits per heavy atom. The van der Waals surface area contributed by atoms with Crippen LogP contribution in [0.25, 0.3) is 0 Å². The van der Waals surface area contributed by atoms with Crippen molar-refractivity contribution in [1.29, 1.82) is 0 Å². The van der Waals surface area contributed by atoms with E-state index in [1.54, 1.807) is 14.2 Å². The van der Waals surface area contributed by atoms with Crippen LogP contribution in [0.2, 0.25) is 0 Å². The molecule has 0 radical (unpaired) electrons. The number of hydrogen-bond donors (Lipinski definition) is 1. The number of aliphatic hydroxyl groups excluding tert-OH is 1. The largest absolute Gasteiger partial charge is 0.497 e. The Morgan fingerprint density at radius 1 is 0.957 bits per heavy atom. The fourth-order valence-electron chi connectivity index (χ4n) is 2.72. The summed E-state index contributed by atoms with van der Waals surface area (Å²) in [6.45, 7) is 7.56. The van der Waals surface area contributed by atoms with E-state index in [4.69, 9.17) is 9.47 Å². The highest BCUT2D eigenvalue weighted by Gasteiger charge is 2.18. The minimum Gasteiger partial charge on any atom is -0.497 e. The van der Waals surface area contributed by atoms with Gasteiger partial charge in [0.05, 0.1) is 20.3 Å². The minimum atomic E-state index is -0.251. The fourth-order valence-corrected chi connectivity index (χ4v) is 2.72. The van der Waals surface area contributed by atoms with Gasteiger partial charge < -0.3 is 14.6 Å². The lowest BCUT2D eigenvalue weighted by atomic mass is 10.1. The third kappa shape index (κ3) is 7.14. The lowest BCUT2D eigenvalue weighted by Gasteiger charge is -2.35. The summed E-state index contributed by atoms with van der Waals surface area (Å²) in [7, 11) is 3.35. The third-order valence-corrected chi connectivity index (χ3v) is 3.80. The molecular formula is C16H28Cl2N2O3. The van der Waals surface area contributed by atoms with Gasteiger partial charge >= 0.3 is 0 Å². The number of nitrogens with zero attached hydrogens (tertiary/aromatic N) is 2. The molecule has 0 bridgehead atoms. The topological polar surface area (TPSA) is 45.2 Å². The van der Waals surface area contributed by atoms with Gasteiger partial charge in [0.15, 0.2) is 0 Å². The summed E-state index contributed by atoms with van der Waals surface area (Å²) in [6.07, 6.45) is -0.251. The zero-order chi connectivity index (χ0) is 15.2. The summed E-state index contributed by atoms with van der Waals surface area (Å²) in [5.41, 5.74) is 1.20. The van der Waals surface area contributed by atoms with Gasteiger partial charge in [0.1, 0.15) is 11.5 Å². The van der Waals surface area contributed by atoms with Crippen LogP contribution in [0, 0.1) is 0 Å². The van der Waals surface area contributed by atoms with Crippen LogP contribution < -0.4 is 9.47 Å². The number of halogens is 2. The van der Waals surface area contributed by atoms with Crippen molar-refractivity contribution < 1.29 is 14.6 Å². The quantitative estimate of drug-likeness (QED) is 0.834. The smallest absolute Gasteiger partial charge is 0.122 e. The maximum Gasteiger partial charge on any atom is 0.122 e. The van der Waals surface area contributed by atoms with E-state index >= 15 is 0 Å². The van der Waals surface area contributed by atoms with Crippen molar-refractivity contribution in [2.24, 2.45) is 0 Å². The average molecular weight is 367 g/mol. The maximum absolute atomic E-state index is 9.44. The van der Waals surface area contributed by atoms with Gasteiger partial charge in [-0.25, -0.2) is 0 Å². The summed E-state index contributed by atoms with van der Waals surface area (Å²) in [4.78, 5) is 4.74. The van der Waals surface area contributed by atoms with Crippen LogP contribution >= 0.6 is 24.8 Å². The van der Waals surface area contributed by atoms with Crippen molar-refractivity contribution in [1.82, 2.24) is 9.80 Å². The molecule has 0 aromatic heterocycles. The van der Waals surface area contributed by atoms with Crippen LogP contribution in [-0.4, -0.2) is 68.0 Å². The average Bonchev–Trinajstić information content (AvgIpc) is 2.48. The molecule has 23 heavy (non-hydrogen) atoms. The molecule has 0 spiro atoms. The van der Waals surface area contributed by atoms with Crippen molar-refractivity contribution in [3.63, 3.8) is 0 Å². The number of piperazine rings is 1. The first-order valence-electron chi connectivity index (χ1n) is 7.45. The third-order valence-electron chi connectivity index (χ3n) is 3.80. The highest BCUT2D eigenvalue weighted by Crippen LogP contribution is 2.23. The van der Waals surface area contributed by atoms with Crippen molar-refractivity contribution >= 4 is 24.8 Å². The number of aliphatic hydroxyl groups is 1. The number of hydrogen-bond acceptors (Lipinski definition) is 5. The lowest BCUT2D eigenvalue weighted by molar-refractivity contribution is 0.0780. The van der Waals surface area contributed by atoms with E-state index < -0.39 is 0 Å². The molecule has 0 saturated carbocycles. The standard InChI is InChI=1S/C16H26N2O3.2ClH/c1-13(19)11-17-4-6-18(7-5-17)12-14-8-15(20-2)10-16(9-14)21-3;;/h8-10,13,19H,4-7,11-12H2,1-3H3;2*1H. The van der Waals surface area contributed by atoms with Gasteiger partial charge in [-0.3, -0.25) is 9.80 Å². The zero-order valence-corrected chi connectivity index (χ0v) is 15.7. The van der Waals surface area contributed by atoms with Gasteiger partial charge in [-0.2, -0.15) is 0 Å². The molecule has 1 heterocycles. The molecule has 1 aliphatic heterocycles. The molecule has 1 fully saturated rings. The number of benzene rings is 1. The zero-order valence-electron chi connectivity index (χ0n) is 14.0. The fraction of sp³-hybridized carbons (Fsp3) is 0.625. The van der Waals surface area contributed by atoms with Crippen LogP contribution in [0.5, 0.6) is 11.5 Å². The monoisotopic (exact) mass is 366 g/mol. The first-order chi connectivity index (χ1) is 10.1. The Morgan fingerprint density at radius 3 is 1.87 bits per heavy atom. The molecule has 134 valence electrons. The highest BCUT2D eigenvalue weighted by molar-refractivity contribution is 5.85. The second-order valence-corrected chi connectivity index (χ2v) is 5.65. The Kier molecular flexibility index (Phi) is 10.6.